The predicted octanol–water partition coefficient (Wildman–Crippen LogP) is 11.7. The third-order valence-corrected chi connectivity index (χ3v) is 14.6. The van der Waals surface area contributed by atoms with Gasteiger partial charge in [0, 0.05) is 30.4 Å². The topological polar surface area (TPSA) is 239 Å². The number of nitrogens with two attached hydrogens (primary N) is 1. The van der Waals surface area contributed by atoms with Crippen LogP contribution in [0.25, 0.3) is 10.2 Å². The van der Waals surface area contributed by atoms with Crippen LogP contribution in [0.4, 0.5) is 5.13 Å². The van der Waals surface area contributed by atoms with Gasteiger partial charge in [0.25, 0.3) is 0 Å². The van der Waals surface area contributed by atoms with Crippen molar-refractivity contribution in [2.75, 3.05) is 38.8 Å². The van der Waals surface area contributed by atoms with E-state index in [1.165, 1.54) is 11.3 Å². The summed E-state index contributed by atoms with van der Waals surface area (Å²) in [5.74, 6) is -1.10. The summed E-state index contributed by atoms with van der Waals surface area (Å²) in [7, 11) is 0. The summed E-state index contributed by atoms with van der Waals surface area (Å²) in [6.07, 6.45) is 14.8. The van der Waals surface area contributed by atoms with E-state index in [0.717, 1.165) is 85.5 Å². The van der Waals surface area contributed by atoms with Gasteiger partial charge in [0.1, 0.15) is 28.7 Å². The van der Waals surface area contributed by atoms with Crippen LogP contribution >= 0.6 is 11.3 Å². The molecule has 3 N–H and O–H groups in total. The lowest BCUT2D eigenvalue weighted by Crippen LogP contribution is -2.30. The molecule has 1 heterocycles. The van der Waals surface area contributed by atoms with Crippen LogP contribution in [0.3, 0.4) is 0 Å². The first kappa shape index (κ1) is 61.4. The third-order valence-electron chi connectivity index (χ3n) is 13.7. The molecule has 7 rings (SSSR count). The van der Waals surface area contributed by atoms with Gasteiger partial charge in [-0.25, -0.2) is 14.6 Å². The van der Waals surface area contributed by atoms with Gasteiger partial charge in [0.2, 0.25) is 0 Å². The van der Waals surface area contributed by atoms with Gasteiger partial charge in [-0.2, -0.15) is 0 Å². The van der Waals surface area contributed by atoms with Gasteiger partial charge in [0.15, 0.2) is 5.13 Å². The number of benzene rings is 4. The molecule has 2 fully saturated rings. The maximum absolute atomic E-state index is 13.2. The first-order valence-corrected chi connectivity index (χ1v) is 28.3. The number of anilines is 1. The molecule has 0 aliphatic heterocycles. The number of hydrogen-bond donors (Lipinski definition) is 2. The molecule has 18 heteroatoms. The first-order valence-electron chi connectivity index (χ1n) is 27.5. The smallest absolute Gasteiger partial charge is 0.330 e. The fraction of sp³-hybridized carbons (Fsp3) is 0.419. The van der Waals surface area contributed by atoms with Crippen LogP contribution in [0.1, 0.15) is 114 Å². The van der Waals surface area contributed by atoms with Gasteiger partial charge in [0.05, 0.1) is 66.9 Å². The van der Waals surface area contributed by atoms with Crippen molar-refractivity contribution in [2.24, 2.45) is 23.7 Å². The van der Waals surface area contributed by atoms with Crippen LogP contribution in [0, 0.1) is 29.1 Å². The normalized spacial score (nSPS) is 16.6. The van der Waals surface area contributed by atoms with Crippen LogP contribution in [-0.4, -0.2) is 80.0 Å². The SMILES string of the molecule is C=CC(=O)OCCCCCCOc1ccc(OC(=O)C2CCC(C(=O)OCCc3ccc(OC(=O)C4CCC(C(=O)Oc5ccc(OCCCCCCOC(=O)C=C)cc5)CC4)c(C=N)c3)CC2)cc1.Nc1nc2ccccc2s1. The highest BCUT2D eigenvalue weighted by atomic mass is 32.1. The molecule has 0 atom stereocenters. The zero-order valence-electron chi connectivity index (χ0n) is 45.3. The quantitative estimate of drug-likeness (QED) is 0.0113. The molecule has 0 spiro atoms. The van der Waals surface area contributed by atoms with E-state index in [1.807, 2.05) is 24.3 Å². The number of carbonyl (C=O) groups is 6. The van der Waals surface area contributed by atoms with Gasteiger partial charge in [-0.3, -0.25) is 19.2 Å². The zero-order valence-corrected chi connectivity index (χ0v) is 46.1. The second kappa shape index (κ2) is 33.5. The number of nitrogen functional groups attached to an aromatic ring is 1. The molecule has 4 aromatic carbocycles. The Hall–Kier alpha value is -7.86. The second-order valence-corrected chi connectivity index (χ2v) is 20.6. The van der Waals surface area contributed by atoms with Gasteiger partial charge < -0.3 is 49.0 Å². The Balaban J connectivity index is 0.000000918. The molecule has 426 valence electrons. The first-order chi connectivity index (χ1) is 38.9. The number of aromatic nitrogens is 1. The van der Waals surface area contributed by atoms with Crippen LogP contribution < -0.4 is 29.4 Å². The number of nitrogens with one attached hydrogen (secondary N) is 1. The number of para-hydroxylation sites is 1. The Labute approximate surface area is 471 Å². The van der Waals surface area contributed by atoms with E-state index >= 15 is 0 Å². The molecule has 0 radical (unpaired) electrons. The maximum Gasteiger partial charge on any atom is 0.330 e. The lowest BCUT2D eigenvalue weighted by molar-refractivity contribution is -0.152. The van der Waals surface area contributed by atoms with E-state index in [0.29, 0.717) is 118 Å². The van der Waals surface area contributed by atoms with Gasteiger partial charge >= 0.3 is 35.8 Å². The van der Waals surface area contributed by atoms with E-state index in [2.05, 4.69) is 18.1 Å². The summed E-state index contributed by atoms with van der Waals surface area (Å²) in [6, 6.07) is 26.9. The largest absolute Gasteiger partial charge is 0.494 e. The summed E-state index contributed by atoms with van der Waals surface area (Å²) in [5.41, 5.74) is 7.72. The van der Waals surface area contributed by atoms with Gasteiger partial charge in [-0.1, -0.05) is 42.7 Å². The minimum absolute atomic E-state index is 0.138. The van der Waals surface area contributed by atoms with E-state index < -0.39 is 23.8 Å². The standard InChI is InChI=1S/C55H67NO14.C7H6N2S/c1-3-50(57)65-34-11-7-5-9-32-63-45-22-26-47(27-23-45)68-53(60)41-16-14-40(15-17-41)52(59)67-36-31-39-13-30-49(44(37-39)38-56)70-55(62)43-20-18-42(19-21-43)54(61)69-48-28-24-46(25-29-48)64-33-10-6-8-12-35-66-51(58)4-2;8-7-9-5-3-1-2-4-6(5)10-7/h3-4,13,22-30,37-38,40-43,56H,1-2,5-12,14-21,31-36H2;1-4H,(H2,8,9). The lowest BCUT2D eigenvalue weighted by Gasteiger charge is -2.26. The molecule has 17 nitrogen and oxygen atoms in total. The van der Waals surface area contributed by atoms with Crippen molar-refractivity contribution in [1.82, 2.24) is 4.98 Å². The molecule has 1 aromatic heterocycles. The molecule has 0 saturated heterocycles. The van der Waals surface area contributed by atoms with Gasteiger partial charge in [-0.15, -0.1) is 0 Å². The Morgan fingerprint density at radius 1 is 0.525 bits per heavy atom. The summed E-state index contributed by atoms with van der Waals surface area (Å²) in [6.45, 7) is 8.73. The number of nitrogens with zero attached hydrogens (tertiary/aromatic N) is 1. The Morgan fingerprint density at radius 2 is 0.963 bits per heavy atom. The molecule has 5 aromatic rings. The van der Waals surface area contributed by atoms with E-state index in [4.69, 9.17) is 49.0 Å². The van der Waals surface area contributed by atoms with Crippen LogP contribution in [-0.2, 0) is 49.4 Å². The molecular formula is C62H73N3O14S. The number of unbranched alkanes of at least 4 members (excludes halogenated alkanes) is 6. The molecular weight excluding hydrogens is 1040 g/mol. The summed E-state index contributed by atoms with van der Waals surface area (Å²) in [4.78, 5) is 78.3. The van der Waals surface area contributed by atoms with Crippen molar-refractivity contribution in [3.63, 3.8) is 0 Å². The molecule has 2 aliphatic rings. The van der Waals surface area contributed by atoms with E-state index in [9.17, 15) is 28.8 Å². The van der Waals surface area contributed by atoms with Crippen molar-refractivity contribution < 1.29 is 66.7 Å². The lowest BCUT2D eigenvalue weighted by atomic mass is 9.82. The molecule has 2 saturated carbocycles. The van der Waals surface area contributed by atoms with Crippen LogP contribution in [0.2, 0.25) is 0 Å². The molecule has 0 unspecified atom stereocenters. The van der Waals surface area contributed by atoms with Crippen molar-refractivity contribution in [2.45, 2.75) is 109 Å². The number of hydrogen-bond acceptors (Lipinski definition) is 18. The van der Waals surface area contributed by atoms with Gasteiger partial charge in [-0.05, 0) is 181 Å². The van der Waals surface area contributed by atoms with Crippen LogP contribution in [0.15, 0.2) is 116 Å². The number of ether oxygens (including phenoxy) is 8. The van der Waals surface area contributed by atoms with Crippen LogP contribution in [0.5, 0.6) is 28.7 Å². The number of fused-ring (bicyclic) bond motifs is 1. The van der Waals surface area contributed by atoms with E-state index in [1.54, 1.807) is 66.7 Å². The predicted molar refractivity (Wildman–Crippen MR) is 304 cm³/mol. The number of rotatable bonds is 29. The zero-order chi connectivity index (χ0) is 56.9. The van der Waals surface area contributed by atoms with E-state index in [-0.39, 0.29) is 48.0 Å². The highest BCUT2D eigenvalue weighted by Crippen LogP contribution is 2.34. The fourth-order valence-electron chi connectivity index (χ4n) is 9.12. The number of carbonyl (C=O) groups excluding carboxylic acids is 6. The highest BCUT2D eigenvalue weighted by molar-refractivity contribution is 7.22. The average molecular weight is 1120 g/mol. The summed E-state index contributed by atoms with van der Waals surface area (Å²) < 4.78 is 45.3. The minimum atomic E-state index is -0.410. The Morgan fingerprint density at radius 3 is 1.43 bits per heavy atom. The fourth-order valence-corrected chi connectivity index (χ4v) is 9.86. The number of esters is 6. The molecule has 2 aliphatic carbocycles. The van der Waals surface area contributed by atoms with Crippen molar-refractivity contribution in [1.29, 1.82) is 5.41 Å². The monoisotopic (exact) mass is 1120 g/mol. The Bertz CT molecular complexity index is 2780. The average Bonchev–Trinajstić information content (AvgIpc) is 3.88. The summed E-state index contributed by atoms with van der Waals surface area (Å²) in [5, 5.41) is 8.60. The third kappa shape index (κ3) is 21.1. The second-order valence-electron chi connectivity index (χ2n) is 19.5. The number of thiazole rings is 1. The van der Waals surface area contributed by atoms with Crippen molar-refractivity contribution in [3.8, 4) is 28.7 Å². The summed E-state index contributed by atoms with van der Waals surface area (Å²) >= 11 is 1.52. The molecule has 0 amide bonds. The van der Waals surface area contributed by atoms with Crippen molar-refractivity contribution >= 4 is 68.7 Å². The highest BCUT2D eigenvalue weighted by Gasteiger charge is 2.34. The molecule has 0 bridgehead atoms. The maximum atomic E-state index is 13.2. The minimum Gasteiger partial charge on any atom is -0.494 e. The Kier molecular flexibility index (Phi) is 25.7. The molecule has 80 heavy (non-hydrogen) atoms. The van der Waals surface area contributed by atoms with Crippen molar-refractivity contribution in [3.05, 3.63) is 127 Å².